The van der Waals surface area contributed by atoms with Gasteiger partial charge in [-0.2, -0.15) is 0 Å². The van der Waals surface area contributed by atoms with Crippen molar-refractivity contribution >= 4 is 17.2 Å². The Morgan fingerprint density at radius 3 is 2.67 bits per heavy atom. The summed E-state index contributed by atoms with van der Waals surface area (Å²) < 4.78 is 0. The normalized spacial score (nSPS) is 24.6. The molecule has 0 aliphatic heterocycles. The highest BCUT2D eigenvalue weighted by Gasteiger charge is 2.35. The Bertz CT molecular complexity index is 490. The van der Waals surface area contributed by atoms with Crippen LogP contribution in [0.15, 0.2) is 5.38 Å². The van der Waals surface area contributed by atoms with Gasteiger partial charge in [0.2, 0.25) is 0 Å². The second kappa shape index (κ2) is 6.44. The average molecular weight is 309 g/mol. The number of carbonyl (C=O) groups is 1. The van der Waals surface area contributed by atoms with E-state index in [1.807, 2.05) is 12.3 Å². The van der Waals surface area contributed by atoms with Gasteiger partial charge in [0.25, 0.3) is 5.91 Å². The summed E-state index contributed by atoms with van der Waals surface area (Å²) in [5, 5.41) is 5.83. The van der Waals surface area contributed by atoms with Gasteiger partial charge in [-0.25, -0.2) is 4.98 Å². The third-order valence-electron chi connectivity index (χ3n) is 4.34. The van der Waals surface area contributed by atoms with E-state index in [9.17, 15) is 4.79 Å². The van der Waals surface area contributed by atoms with E-state index in [0.717, 1.165) is 11.4 Å². The molecule has 4 nitrogen and oxygen atoms in total. The van der Waals surface area contributed by atoms with Crippen molar-refractivity contribution < 1.29 is 4.79 Å². The summed E-state index contributed by atoms with van der Waals surface area (Å²) in [6.45, 7) is 8.68. The number of hydrogen-bond donors (Lipinski definition) is 2. The lowest BCUT2D eigenvalue weighted by Gasteiger charge is -2.40. The van der Waals surface area contributed by atoms with Crippen molar-refractivity contribution in [1.29, 1.82) is 0 Å². The fraction of sp³-hybridized carbons (Fsp3) is 0.750. The van der Waals surface area contributed by atoms with Crippen LogP contribution in [0.25, 0.3) is 0 Å². The van der Waals surface area contributed by atoms with E-state index in [-0.39, 0.29) is 23.4 Å². The zero-order chi connectivity index (χ0) is 15.6. The molecule has 118 valence electrons. The highest BCUT2D eigenvalue weighted by Crippen LogP contribution is 2.38. The molecule has 5 heteroatoms. The van der Waals surface area contributed by atoms with E-state index in [2.05, 4.69) is 31.1 Å². The molecule has 0 saturated heterocycles. The Kier molecular flexibility index (Phi) is 5.04. The van der Waals surface area contributed by atoms with Gasteiger partial charge >= 0.3 is 0 Å². The van der Waals surface area contributed by atoms with E-state index in [1.165, 1.54) is 30.6 Å². The molecule has 1 saturated carbocycles. The lowest BCUT2D eigenvalue weighted by Crippen LogP contribution is -2.46. The van der Waals surface area contributed by atoms with Crippen LogP contribution in [-0.2, 0) is 0 Å². The molecule has 1 fully saturated rings. The first-order valence-corrected chi connectivity index (χ1v) is 8.69. The molecule has 2 rings (SSSR count). The van der Waals surface area contributed by atoms with Crippen molar-refractivity contribution in [3.8, 4) is 0 Å². The van der Waals surface area contributed by atoms with Gasteiger partial charge < -0.3 is 11.1 Å². The molecule has 0 radical (unpaired) electrons. The lowest BCUT2D eigenvalue weighted by molar-refractivity contribution is 0.0826. The molecule has 21 heavy (non-hydrogen) atoms. The first kappa shape index (κ1) is 16.4. The largest absolute Gasteiger partial charge is 0.348 e. The Morgan fingerprint density at radius 1 is 1.43 bits per heavy atom. The summed E-state index contributed by atoms with van der Waals surface area (Å²) in [6, 6.07) is 0.139. The summed E-state index contributed by atoms with van der Waals surface area (Å²) in [6.07, 6.45) is 4.72. The molecular formula is C16H27N3OS. The van der Waals surface area contributed by atoms with Crippen LogP contribution in [0.2, 0.25) is 0 Å². The maximum absolute atomic E-state index is 12.4. The Labute approximate surface area is 131 Å². The summed E-state index contributed by atoms with van der Waals surface area (Å²) in [4.78, 5) is 16.8. The number of rotatable bonds is 3. The molecule has 0 spiro atoms. The summed E-state index contributed by atoms with van der Waals surface area (Å²) in [7, 11) is 0. The summed E-state index contributed by atoms with van der Waals surface area (Å²) in [5.41, 5.74) is 6.53. The van der Waals surface area contributed by atoms with Crippen molar-refractivity contribution in [3.63, 3.8) is 0 Å². The minimum Gasteiger partial charge on any atom is -0.348 e. The van der Waals surface area contributed by atoms with E-state index >= 15 is 0 Å². The first-order chi connectivity index (χ1) is 9.79. The SMILES string of the molecule is CC(N)c1nc(C(=O)NC2CCCCC2C(C)(C)C)cs1. The molecule has 3 N–H and O–H groups in total. The van der Waals surface area contributed by atoms with Gasteiger partial charge in [-0.15, -0.1) is 11.3 Å². The van der Waals surface area contributed by atoms with Crippen LogP contribution < -0.4 is 11.1 Å². The van der Waals surface area contributed by atoms with Crippen LogP contribution in [0.3, 0.4) is 0 Å². The summed E-state index contributed by atoms with van der Waals surface area (Å²) in [5.74, 6) is 0.473. The van der Waals surface area contributed by atoms with Gasteiger partial charge in [-0.05, 0) is 31.1 Å². The van der Waals surface area contributed by atoms with Crippen molar-refractivity contribution in [2.45, 2.75) is 65.5 Å². The molecule has 1 aliphatic rings. The number of nitrogens with zero attached hydrogens (tertiary/aromatic N) is 1. The highest BCUT2D eigenvalue weighted by atomic mass is 32.1. The fourth-order valence-electron chi connectivity index (χ4n) is 3.18. The molecule has 1 aliphatic carbocycles. The number of carbonyl (C=O) groups excluding carboxylic acids is 1. The predicted octanol–water partition coefficient (Wildman–Crippen LogP) is 3.50. The molecule has 3 atom stereocenters. The smallest absolute Gasteiger partial charge is 0.270 e. The molecule has 1 aromatic heterocycles. The standard InChI is InChI=1S/C16H27N3OS/c1-10(17)15-19-13(9-21-15)14(20)18-12-8-6-5-7-11(12)16(2,3)4/h9-12H,5-8,17H2,1-4H3,(H,18,20). The van der Waals surface area contributed by atoms with Crippen LogP contribution in [0.1, 0.15) is 74.9 Å². The third-order valence-corrected chi connectivity index (χ3v) is 5.38. The van der Waals surface area contributed by atoms with E-state index in [4.69, 9.17) is 5.73 Å². The molecule has 1 heterocycles. The van der Waals surface area contributed by atoms with E-state index in [1.54, 1.807) is 0 Å². The third kappa shape index (κ3) is 4.04. The van der Waals surface area contributed by atoms with Crippen LogP contribution in [0.5, 0.6) is 0 Å². The predicted molar refractivity (Wildman–Crippen MR) is 87.4 cm³/mol. The van der Waals surface area contributed by atoms with E-state index < -0.39 is 0 Å². The minimum absolute atomic E-state index is 0.0562. The quantitative estimate of drug-likeness (QED) is 0.898. The molecule has 0 bridgehead atoms. The number of nitrogens with two attached hydrogens (primary N) is 1. The number of hydrogen-bond acceptors (Lipinski definition) is 4. The van der Waals surface area contributed by atoms with Crippen molar-refractivity contribution in [2.24, 2.45) is 17.1 Å². The van der Waals surface area contributed by atoms with Crippen LogP contribution in [0, 0.1) is 11.3 Å². The van der Waals surface area contributed by atoms with Gasteiger partial charge in [0, 0.05) is 11.4 Å². The van der Waals surface area contributed by atoms with Gasteiger partial charge in [0.1, 0.15) is 10.7 Å². The number of aromatic nitrogens is 1. The zero-order valence-corrected chi connectivity index (χ0v) is 14.3. The highest BCUT2D eigenvalue weighted by molar-refractivity contribution is 7.09. The van der Waals surface area contributed by atoms with Crippen molar-refractivity contribution in [3.05, 3.63) is 16.1 Å². The zero-order valence-electron chi connectivity index (χ0n) is 13.5. The molecule has 0 aromatic carbocycles. The first-order valence-electron chi connectivity index (χ1n) is 7.81. The van der Waals surface area contributed by atoms with Crippen molar-refractivity contribution in [2.75, 3.05) is 0 Å². The topological polar surface area (TPSA) is 68.0 Å². The molecule has 1 aromatic rings. The maximum atomic E-state index is 12.4. The molecule has 1 amide bonds. The van der Waals surface area contributed by atoms with Crippen LogP contribution in [-0.4, -0.2) is 16.9 Å². The van der Waals surface area contributed by atoms with Crippen LogP contribution >= 0.6 is 11.3 Å². The van der Waals surface area contributed by atoms with Gasteiger partial charge in [-0.3, -0.25) is 4.79 Å². The number of thiazole rings is 1. The lowest BCUT2D eigenvalue weighted by atomic mass is 9.69. The van der Waals surface area contributed by atoms with Crippen LogP contribution in [0.4, 0.5) is 0 Å². The second-order valence-corrected chi connectivity index (χ2v) is 8.09. The van der Waals surface area contributed by atoms with Gasteiger partial charge in [0.05, 0.1) is 6.04 Å². The average Bonchev–Trinajstić information content (AvgIpc) is 2.88. The number of amides is 1. The minimum atomic E-state index is -0.117. The molecular weight excluding hydrogens is 282 g/mol. The van der Waals surface area contributed by atoms with Gasteiger partial charge in [0.15, 0.2) is 0 Å². The Morgan fingerprint density at radius 2 is 2.10 bits per heavy atom. The molecule has 3 unspecified atom stereocenters. The Balaban J connectivity index is 2.06. The maximum Gasteiger partial charge on any atom is 0.270 e. The Hall–Kier alpha value is -0.940. The van der Waals surface area contributed by atoms with Crippen molar-refractivity contribution in [1.82, 2.24) is 10.3 Å². The second-order valence-electron chi connectivity index (χ2n) is 7.20. The van der Waals surface area contributed by atoms with E-state index in [0.29, 0.717) is 11.6 Å². The fourth-order valence-corrected chi connectivity index (χ4v) is 3.94. The summed E-state index contributed by atoms with van der Waals surface area (Å²) >= 11 is 1.46. The number of nitrogens with one attached hydrogen (secondary N) is 1. The van der Waals surface area contributed by atoms with Gasteiger partial charge in [-0.1, -0.05) is 33.6 Å². The monoisotopic (exact) mass is 309 g/mol.